The van der Waals surface area contributed by atoms with Crippen molar-refractivity contribution in [1.82, 2.24) is 20.4 Å². The van der Waals surface area contributed by atoms with Gasteiger partial charge in [0.15, 0.2) is 5.96 Å². The number of piperidine rings is 1. The molecule has 2 N–H and O–H groups in total. The molecule has 1 aliphatic heterocycles. The summed E-state index contributed by atoms with van der Waals surface area (Å²) in [5, 5.41) is 6.85. The minimum absolute atomic E-state index is 0. The van der Waals surface area contributed by atoms with Crippen LogP contribution in [0.25, 0.3) is 0 Å². The quantitative estimate of drug-likeness (QED) is 0.231. The summed E-state index contributed by atoms with van der Waals surface area (Å²) in [6.45, 7) is 16.0. The van der Waals surface area contributed by atoms with Crippen LogP contribution in [0, 0.1) is 5.92 Å². The molecule has 1 rings (SSSR count). The van der Waals surface area contributed by atoms with Crippen molar-refractivity contribution in [3.05, 3.63) is 0 Å². The summed E-state index contributed by atoms with van der Waals surface area (Å²) >= 11 is 0. The molecule has 0 aromatic heterocycles. The Morgan fingerprint density at radius 1 is 1.08 bits per heavy atom. The molecule has 6 heteroatoms. The van der Waals surface area contributed by atoms with E-state index < -0.39 is 0 Å². The summed E-state index contributed by atoms with van der Waals surface area (Å²) < 4.78 is 0. The lowest BCUT2D eigenvalue weighted by molar-refractivity contribution is 0.191. The molecular formula is C18H40IN5. The van der Waals surface area contributed by atoms with E-state index in [4.69, 9.17) is 0 Å². The van der Waals surface area contributed by atoms with Crippen molar-refractivity contribution < 1.29 is 0 Å². The molecule has 0 aromatic rings. The minimum atomic E-state index is 0. The van der Waals surface area contributed by atoms with Crippen LogP contribution in [-0.2, 0) is 0 Å². The Morgan fingerprint density at radius 3 is 2.21 bits per heavy atom. The molecule has 1 fully saturated rings. The maximum Gasteiger partial charge on any atom is 0.190 e. The Morgan fingerprint density at radius 2 is 1.67 bits per heavy atom. The summed E-state index contributed by atoms with van der Waals surface area (Å²) in [7, 11) is 1.85. The number of nitrogens with zero attached hydrogens (tertiary/aromatic N) is 3. The molecule has 1 aliphatic rings. The van der Waals surface area contributed by atoms with Gasteiger partial charge in [-0.15, -0.1) is 24.0 Å². The average molecular weight is 453 g/mol. The lowest BCUT2D eigenvalue weighted by atomic mass is 9.99. The van der Waals surface area contributed by atoms with Crippen molar-refractivity contribution in [1.29, 1.82) is 0 Å². The first-order valence-electron chi connectivity index (χ1n) is 9.58. The van der Waals surface area contributed by atoms with Crippen LogP contribution in [0.3, 0.4) is 0 Å². The minimum Gasteiger partial charge on any atom is -0.356 e. The van der Waals surface area contributed by atoms with E-state index in [0.29, 0.717) is 0 Å². The smallest absolute Gasteiger partial charge is 0.190 e. The molecule has 0 atom stereocenters. The van der Waals surface area contributed by atoms with Gasteiger partial charge in [-0.05, 0) is 70.9 Å². The van der Waals surface area contributed by atoms with Gasteiger partial charge in [-0.25, -0.2) is 0 Å². The van der Waals surface area contributed by atoms with E-state index in [9.17, 15) is 0 Å². The highest BCUT2D eigenvalue weighted by molar-refractivity contribution is 14.0. The topological polar surface area (TPSA) is 42.9 Å². The molecule has 0 aliphatic carbocycles. The van der Waals surface area contributed by atoms with Crippen LogP contribution >= 0.6 is 24.0 Å². The molecule has 1 saturated heterocycles. The number of aliphatic imine (C=N–C) groups is 1. The van der Waals surface area contributed by atoms with Crippen LogP contribution < -0.4 is 10.6 Å². The first-order chi connectivity index (χ1) is 11.2. The zero-order valence-corrected chi connectivity index (χ0v) is 18.6. The molecule has 1 heterocycles. The van der Waals surface area contributed by atoms with Crippen molar-refractivity contribution in [2.24, 2.45) is 10.9 Å². The fraction of sp³-hybridized carbons (Fsp3) is 0.944. The number of nitrogens with one attached hydrogen (secondary N) is 2. The standard InChI is InChI=1S/C18H39N5.HI/c1-5-22(6-2)13-7-11-20-18(19-4)21-12-8-14-23-15-9-17(3)10-16-23;/h17H,5-16H2,1-4H3,(H2,19,20,21);1H. The second kappa shape index (κ2) is 15.2. The molecule has 0 spiro atoms. The van der Waals surface area contributed by atoms with Gasteiger partial charge in [0.25, 0.3) is 0 Å². The summed E-state index contributed by atoms with van der Waals surface area (Å²) in [5.41, 5.74) is 0. The molecule has 144 valence electrons. The van der Waals surface area contributed by atoms with Crippen molar-refractivity contribution in [2.45, 2.75) is 46.5 Å². The first kappa shape index (κ1) is 23.9. The Balaban J connectivity index is 0.00000529. The van der Waals surface area contributed by atoms with Crippen LogP contribution in [-0.4, -0.2) is 75.2 Å². The molecule has 0 bridgehead atoms. The molecule has 24 heavy (non-hydrogen) atoms. The lowest BCUT2D eigenvalue weighted by Crippen LogP contribution is -2.40. The van der Waals surface area contributed by atoms with Crippen LogP contribution in [0.1, 0.15) is 46.5 Å². The van der Waals surface area contributed by atoms with E-state index in [2.05, 4.69) is 46.2 Å². The molecule has 0 aromatic carbocycles. The molecule has 5 nitrogen and oxygen atoms in total. The summed E-state index contributed by atoms with van der Waals surface area (Å²) in [4.78, 5) is 9.36. The number of guanidine groups is 1. The van der Waals surface area contributed by atoms with Gasteiger partial charge in [-0.2, -0.15) is 0 Å². The van der Waals surface area contributed by atoms with E-state index in [-0.39, 0.29) is 24.0 Å². The van der Waals surface area contributed by atoms with Gasteiger partial charge >= 0.3 is 0 Å². The average Bonchev–Trinajstić information content (AvgIpc) is 2.58. The lowest BCUT2D eigenvalue weighted by Gasteiger charge is -2.30. The monoisotopic (exact) mass is 453 g/mol. The highest BCUT2D eigenvalue weighted by Crippen LogP contribution is 2.15. The van der Waals surface area contributed by atoms with E-state index in [0.717, 1.165) is 51.0 Å². The normalized spacial score (nSPS) is 17.0. The Bertz CT molecular complexity index is 313. The van der Waals surface area contributed by atoms with Gasteiger partial charge in [-0.3, -0.25) is 4.99 Å². The third-order valence-corrected chi connectivity index (χ3v) is 4.88. The predicted octanol–water partition coefficient (Wildman–Crippen LogP) is 2.62. The zero-order chi connectivity index (χ0) is 16.9. The molecule has 0 amide bonds. The van der Waals surface area contributed by atoms with Gasteiger partial charge in [0.2, 0.25) is 0 Å². The van der Waals surface area contributed by atoms with Crippen LogP contribution in [0.4, 0.5) is 0 Å². The molecular weight excluding hydrogens is 413 g/mol. The van der Waals surface area contributed by atoms with Gasteiger partial charge in [0.05, 0.1) is 0 Å². The second-order valence-corrected chi connectivity index (χ2v) is 6.68. The van der Waals surface area contributed by atoms with Crippen LogP contribution in [0.5, 0.6) is 0 Å². The Labute approximate surface area is 167 Å². The number of hydrogen-bond acceptors (Lipinski definition) is 3. The van der Waals surface area contributed by atoms with Crippen molar-refractivity contribution >= 4 is 29.9 Å². The summed E-state index contributed by atoms with van der Waals surface area (Å²) in [6, 6.07) is 0. The largest absolute Gasteiger partial charge is 0.356 e. The second-order valence-electron chi connectivity index (χ2n) is 6.68. The number of hydrogen-bond donors (Lipinski definition) is 2. The molecule has 0 unspecified atom stereocenters. The van der Waals surface area contributed by atoms with Crippen LogP contribution in [0.2, 0.25) is 0 Å². The number of rotatable bonds is 10. The molecule has 0 radical (unpaired) electrons. The maximum atomic E-state index is 4.31. The zero-order valence-electron chi connectivity index (χ0n) is 16.3. The maximum absolute atomic E-state index is 4.31. The number of likely N-dealkylation sites (tertiary alicyclic amines) is 1. The van der Waals surface area contributed by atoms with Gasteiger partial charge in [0.1, 0.15) is 0 Å². The van der Waals surface area contributed by atoms with E-state index in [1.165, 1.54) is 38.9 Å². The Hall–Kier alpha value is -0.0800. The van der Waals surface area contributed by atoms with E-state index in [1.807, 2.05) is 7.05 Å². The summed E-state index contributed by atoms with van der Waals surface area (Å²) in [6.07, 6.45) is 5.08. The molecule has 0 saturated carbocycles. The van der Waals surface area contributed by atoms with E-state index in [1.54, 1.807) is 0 Å². The number of halogens is 1. The highest BCUT2D eigenvalue weighted by atomic mass is 127. The fourth-order valence-electron chi connectivity index (χ4n) is 3.07. The third kappa shape index (κ3) is 10.7. The SMILES string of the molecule is CCN(CC)CCCNC(=NC)NCCCN1CCC(C)CC1.I. The first-order valence-corrected chi connectivity index (χ1v) is 9.58. The van der Waals surface area contributed by atoms with Gasteiger partial charge in [-0.1, -0.05) is 20.8 Å². The van der Waals surface area contributed by atoms with Crippen LogP contribution in [0.15, 0.2) is 4.99 Å². The third-order valence-electron chi connectivity index (χ3n) is 4.88. The van der Waals surface area contributed by atoms with Crippen molar-refractivity contribution in [3.8, 4) is 0 Å². The van der Waals surface area contributed by atoms with Crippen molar-refractivity contribution in [3.63, 3.8) is 0 Å². The highest BCUT2D eigenvalue weighted by Gasteiger charge is 2.14. The van der Waals surface area contributed by atoms with E-state index >= 15 is 0 Å². The van der Waals surface area contributed by atoms with Gasteiger partial charge < -0.3 is 20.4 Å². The van der Waals surface area contributed by atoms with Crippen molar-refractivity contribution in [2.75, 3.05) is 59.4 Å². The Kier molecular flexibility index (Phi) is 15.1. The fourth-order valence-corrected chi connectivity index (χ4v) is 3.07. The summed E-state index contributed by atoms with van der Waals surface area (Å²) in [5.74, 6) is 1.86. The predicted molar refractivity (Wildman–Crippen MR) is 117 cm³/mol. The van der Waals surface area contributed by atoms with Gasteiger partial charge in [0, 0.05) is 20.1 Å².